The fourth-order valence-electron chi connectivity index (χ4n) is 2.51. The maximum atomic E-state index is 11.8. The lowest BCUT2D eigenvalue weighted by molar-refractivity contribution is -0.127. The Morgan fingerprint density at radius 2 is 1.95 bits per heavy atom. The first kappa shape index (κ1) is 16.7. The predicted octanol–water partition coefficient (Wildman–Crippen LogP) is 0.602. The third-order valence-electron chi connectivity index (χ3n) is 3.81. The van der Waals surface area contributed by atoms with Crippen molar-refractivity contribution in [1.82, 2.24) is 5.32 Å². The molecule has 0 aliphatic heterocycles. The van der Waals surface area contributed by atoms with Gasteiger partial charge in [0.15, 0.2) is 0 Å². The Morgan fingerprint density at radius 3 is 2.59 bits per heavy atom. The van der Waals surface area contributed by atoms with Crippen LogP contribution in [-0.4, -0.2) is 48.1 Å². The number of hydrogen-bond acceptors (Lipinski definition) is 5. The van der Waals surface area contributed by atoms with Gasteiger partial charge in [0.25, 0.3) is 0 Å². The molecule has 1 fully saturated rings. The minimum absolute atomic E-state index is 0.0266. The molecule has 3 atom stereocenters. The topological polar surface area (TPSA) is 88.0 Å². The minimum Gasteiger partial charge on any atom is -0.497 e. The molecule has 6 nitrogen and oxygen atoms in total. The SMILES string of the molecule is COc1ccc(COCC(=O)NC2CC[C@@H](O)[C@@H](O)C2)cc1. The molecular formula is C16H23NO5. The lowest BCUT2D eigenvalue weighted by Gasteiger charge is -2.30. The number of ether oxygens (including phenoxy) is 2. The van der Waals surface area contributed by atoms with Gasteiger partial charge in [-0.25, -0.2) is 0 Å². The van der Waals surface area contributed by atoms with Crippen molar-refractivity contribution in [2.45, 2.75) is 44.1 Å². The lowest BCUT2D eigenvalue weighted by atomic mass is 9.90. The van der Waals surface area contributed by atoms with Crippen molar-refractivity contribution in [3.05, 3.63) is 29.8 Å². The maximum absolute atomic E-state index is 11.8. The van der Waals surface area contributed by atoms with E-state index in [4.69, 9.17) is 9.47 Å². The molecule has 0 aromatic heterocycles. The molecule has 0 radical (unpaired) electrons. The first-order valence-electron chi connectivity index (χ1n) is 7.44. The number of rotatable bonds is 6. The van der Waals surface area contributed by atoms with Crippen molar-refractivity contribution in [2.75, 3.05) is 13.7 Å². The van der Waals surface area contributed by atoms with Gasteiger partial charge in [0, 0.05) is 6.04 Å². The average Bonchev–Trinajstić information content (AvgIpc) is 2.51. The summed E-state index contributed by atoms with van der Waals surface area (Å²) < 4.78 is 10.4. The van der Waals surface area contributed by atoms with E-state index in [1.165, 1.54) is 0 Å². The van der Waals surface area contributed by atoms with Crippen molar-refractivity contribution >= 4 is 5.91 Å². The molecular weight excluding hydrogens is 286 g/mol. The highest BCUT2D eigenvalue weighted by molar-refractivity contribution is 5.77. The number of carbonyl (C=O) groups excluding carboxylic acids is 1. The molecule has 0 saturated heterocycles. The molecule has 1 saturated carbocycles. The monoisotopic (exact) mass is 309 g/mol. The predicted molar refractivity (Wildman–Crippen MR) is 80.4 cm³/mol. The zero-order valence-corrected chi connectivity index (χ0v) is 12.7. The summed E-state index contributed by atoms with van der Waals surface area (Å²) in [5.41, 5.74) is 0.963. The van der Waals surface area contributed by atoms with Crippen molar-refractivity contribution in [1.29, 1.82) is 0 Å². The van der Waals surface area contributed by atoms with Gasteiger partial charge in [-0.15, -0.1) is 0 Å². The molecule has 1 aromatic rings. The highest BCUT2D eigenvalue weighted by Gasteiger charge is 2.28. The summed E-state index contributed by atoms with van der Waals surface area (Å²) in [5, 5.41) is 21.8. The van der Waals surface area contributed by atoms with Crippen LogP contribution in [0, 0.1) is 0 Å². The highest BCUT2D eigenvalue weighted by atomic mass is 16.5. The van der Waals surface area contributed by atoms with Crippen LogP contribution in [-0.2, 0) is 16.1 Å². The molecule has 1 unspecified atom stereocenters. The number of hydrogen-bond donors (Lipinski definition) is 3. The molecule has 3 N–H and O–H groups in total. The van der Waals surface area contributed by atoms with E-state index in [-0.39, 0.29) is 18.6 Å². The normalized spacial score (nSPS) is 24.8. The van der Waals surface area contributed by atoms with Gasteiger partial charge in [-0.1, -0.05) is 12.1 Å². The summed E-state index contributed by atoms with van der Waals surface area (Å²) in [6.07, 6.45) is 0.103. The van der Waals surface area contributed by atoms with Crippen LogP contribution >= 0.6 is 0 Å². The number of nitrogens with one attached hydrogen (secondary N) is 1. The fourth-order valence-corrected chi connectivity index (χ4v) is 2.51. The van der Waals surface area contributed by atoms with Crippen LogP contribution in [0.25, 0.3) is 0 Å². The van der Waals surface area contributed by atoms with Crippen LogP contribution in [0.5, 0.6) is 5.75 Å². The molecule has 0 spiro atoms. The van der Waals surface area contributed by atoms with Crippen LogP contribution in [0.1, 0.15) is 24.8 Å². The van der Waals surface area contributed by atoms with Gasteiger partial charge in [-0.2, -0.15) is 0 Å². The molecule has 1 aliphatic carbocycles. The Labute approximate surface area is 130 Å². The Kier molecular flexibility index (Phi) is 6.18. The number of amides is 1. The highest BCUT2D eigenvalue weighted by Crippen LogP contribution is 2.19. The van der Waals surface area contributed by atoms with Crippen LogP contribution < -0.4 is 10.1 Å². The summed E-state index contributed by atoms with van der Waals surface area (Å²) >= 11 is 0. The second-order valence-corrected chi connectivity index (χ2v) is 5.55. The molecule has 122 valence electrons. The van der Waals surface area contributed by atoms with Gasteiger partial charge >= 0.3 is 0 Å². The Bertz CT molecular complexity index is 476. The van der Waals surface area contributed by atoms with Crippen molar-refractivity contribution in [3.8, 4) is 5.75 Å². The summed E-state index contributed by atoms with van der Waals surface area (Å²) in [7, 11) is 1.61. The smallest absolute Gasteiger partial charge is 0.246 e. The average molecular weight is 309 g/mol. The molecule has 1 aromatic carbocycles. The van der Waals surface area contributed by atoms with E-state index >= 15 is 0 Å². The van der Waals surface area contributed by atoms with Gasteiger partial charge < -0.3 is 25.0 Å². The van der Waals surface area contributed by atoms with Gasteiger partial charge in [0.05, 0.1) is 25.9 Å². The molecule has 0 heterocycles. The quantitative estimate of drug-likeness (QED) is 0.716. The zero-order valence-electron chi connectivity index (χ0n) is 12.7. The Morgan fingerprint density at radius 1 is 1.23 bits per heavy atom. The second-order valence-electron chi connectivity index (χ2n) is 5.55. The van der Waals surface area contributed by atoms with E-state index in [0.717, 1.165) is 11.3 Å². The lowest BCUT2D eigenvalue weighted by Crippen LogP contribution is -2.45. The van der Waals surface area contributed by atoms with E-state index in [2.05, 4.69) is 5.32 Å². The zero-order chi connectivity index (χ0) is 15.9. The number of benzene rings is 1. The summed E-state index contributed by atoms with van der Waals surface area (Å²) in [4.78, 5) is 11.8. The minimum atomic E-state index is -0.765. The molecule has 1 aliphatic rings. The summed E-state index contributed by atoms with van der Waals surface area (Å²) in [6, 6.07) is 7.35. The largest absolute Gasteiger partial charge is 0.497 e. The molecule has 1 amide bonds. The van der Waals surface area contributed by atoms with Crippen LogP contribution in [0.4, 0.5) is 0 Å². The number of aliphatic hydroxyl groups is 2. The fraction of sp³-hybridized carbons (Fsp3) is 0.562. The first-order valence-corrected chi connectivity index (χ1v) is 7.44. The van der Waals surface area contributed by atoms with E-state index in [1.54, 1.807) is 7.11 Å². The number of methoxy groups -OCH3 is 1. The van der Waals surface area contributed by atoms with E-state index < -0.39 is 12.2 Å². The van der Waals surface area contributed by atoms with Gasteiger partial charge in [-0.05, 0) is 37.0 Å². The van der Waals surface area contributed by atoms with E-state index in [0.29, 0.717) is 25.9 Å². The van der Waals surface area contributed by atoms with Crippen molar-refractivity contribution in [2.24, 2.45) is 0 Å². The number of carbonyl (C=O) groups is 1. The maximum Gasteiger partial charge on any atom is 0.246 e. The molecule has 6 heteroatoms. The van der Waals surface area contributed by atoms with Gasteiger partial charge in [0.1, 0.15) is 12.4 Å². The van der Waals surface area contributed by atoms with Crippen molar-refractivity contribution in [3.63, 3.8) is 0 Å². The van der Waals surface area contributed by atoms with Gasteiger partial charge in [0.2, 0.25) is 5.91 Å². The summed E-state index contributed by atoms with van der Waals surface area (Å²) in [5.74, 6) is 0.571. The van der Waals surface area contributed by atoms with E-state index in [9.17, 15) is 15.0 Å². The molecule has 0 bridgehead atoms. The third-order valence-corrected chi connectivity index (χ3v) is 3.81. The van der Waals surface area contributed by atoms with Crippen LogP contribution in [0.15, 0.2) is 24.3 Å². The second kappa shape index (κ2) is 8.12. The van der Waals surface area contributed by atoms with Crippen LogP contribution in [0.3, 0.4) is 0 Å². The number of aliphatic hydroxyl groups excluding tert-OH is 2. The Hall–Kier alpha value is -1.63. The third kappa shape index (κ3) is 4.98. The standard InChI is InChI=1S/C16H23NO5/c1-21-13-5-2-11(3-6-13)9-22-10-16(20)17-12-4-7-14(18)15(19)8-12/h2-3,5-6,12,14-15,18-19H,4,7-10H2,1H3,(H,17,20)/t12?,14-,15+/m1/s1. The molecule has 22 heavy (non-hydrogen) atoms. The Balaban J connectivity index is 1.67. The van der Waals surface area contributed by atoms with Crippen molar-refractivity contribution < 1.29 is 24.5 Å². The van der Waals surface area contributed by atoms with E-state index in [1.807, 2.05) is 24.3 Å². The van der Waals surface area contributed by atoms with Crippen LogP contribution in [0.2, 0.25) is 0 Å². The van der Waals surface area contributed by atoms with Gasteiger partial charge in [-0.3, -0.25) is 4.79 Å². The molecule has 2 rings (SSSR count). The first-order chi connectivity index (χ1) is 10.6. The summed E-state index contributed by atoms with van der Waals surface area (Å²) in [6.45, 7) is 0.324.